The van der Waals surface area contributed by atoms with E-state index in [1.165, 1.54) is 18.2 Å². The van der Waals surface area contributed by atoms with Gasteiger partial charge >= 0.3 is 6.18 Å². The highest BCUT2D eigenvalue weighted by Gasteiger charge is 2.33. The molecular formula is C10H7ClF3NO. The second kappa shape index (κ2) is 5.14. The fourth-order valence-corrected chi connectivity index (χ4v) is 1.42. The maximum Gasteiger partial charge on any atom is 0.416 e. The van der Waals surface area contributed by atoms with Crippen LogP contribution in [0.2, 0.25) is 5.02 Å². The number of aliphatic imine (C=N–C) groups is 1. The van der Waals surface area contributed by atoms with E-state index in [2.05, 4.69) is 4.99 Å². The highest BCUT2D eigenvalue weighted by atomic mass is 35.5. The summed E-state index contributed by atoms with van der Waals surface area (Å²) in [6, 6.07) is 3.52. The zero-order valence-corrected chi connectivity index (χ0v) is 8.77. The Bertz CT molecular complexity index is 425. The van der Waals surface area contributed by atoms with E-state index >= 15 is 0 Å². The molecule has 0 aliphatic rings. The minimum absolute atomic E-state index is 0.0196. The first-order valence-electron chi connectivity index (χ1n) is 4.34. The van der Waals surface area contributed by atoms with Gasteiger partial charge in [0.2, 0.25) is 6.08 Å². The lowest BCUT2D eigenvalue weighted by molar-refractivity contribution is -0.138. The van der Waals surface area contributed by atoms with Crippen LogP contribution in [0.4, 0.5) is 13.2 Å². The Kier molecular flexibility index (Phi) is 4.10. The minimum atomic E-state index is -4.45. The summed E-state index contributed by atoms with van der Waals surface area (Å²) < 4.78 is 37.7. The quantitative estimate of drug-likeness (QED) is 0.597. The molecule has 0 bridgehead atoms. The normalized spacial score (nSPS) is 11.0. The summed E-state index contributed by atoms with van der Waals surface area (Å²) in [5.41, 5.74) is -0.725. The number of nitrogens with zero attached hydrogens (tertiary/aromatic N) is 1. The molecule has 0 unspecified atom stereocenters. The van der Waals surface area contributed by atoms with Gasteiger partial charge in [-0.3, -0.25) is 0 Å². The van der Waals surface area contributed by atoms with Crippen molar-refractivity contribution in [2.24, 2.45) is 4.99 Å². The van der Waals surface area contributed by atoms with E-state index in [0.29, 0.717) is 0 Å². The first kappa shape index (κ1) is 12.7. The molecule has 0 aliphatic carbocycles. The third-order valence-corrected chi connectivity index (χ3v) is 2.17. The number of isocyanates is 1. The van der Waals surface area contributed by atoms with Crippen molar-refractivity contribution in [1.29, 1.82) is 0 Å². The van der Waals surface area contributed by atoms with Gasteiger partial charge in [-0.05, 0) is 24.1 Å². The summed E-state index contributed by atoms with van der Waals surface area (Å²) in [4.78, 5) is 13.0. The molecule has 1 rings (SSSR count). The standard InChI is InChI=1S/C10H7ClF3NO/c11-8-2-1-7(3-4-15-6-16)9(5-8)10(12,13)14/h1-2,5H,3-4H2. The lowest BCUT2D eigenvalue weighted by atomic mass is 10.0. The smallest absolute Gasteiger partial charge is 0.211 e. The molecule has 0 heterocycles. The predicted molar refractivity (Wildman–Crippen MR) is 53.1 cm³/mol. The van der Waals surface area contributed by atoms with Gasteiger partial charge in [-0.25, -0.2) is 9.79 Å². The Morgan fingerprint density at radius 3 is 2.62 bits per heavy atom. The average Bonchev–Trinajstić information content (AvgIpc) is 2.19. The summed E-state index contributed by atoms with van der Waals surface area (Å²) in [5, 5.41) is 0.0231. The number of alkyl halides is 3. The van der Waals surface area contributed by atoms with Crippen molar-refractivity contribution in [3.63, 3.8) is 0 Å². The van der Waals surface area contributed by atoms with Crippen molar-refractivity contribution >= 4 is 17.7 Å². The number of hydrogen-bond donors (Lipinski definition) is 0. The van der Waals surface area contributed by atoms with Crippen LogP contribution in [0.1, 0.15) is 11.1 Å². The van der Waals surface area contributed by atoms with Crippen LogP contribution in [0.3, 0.4) is 0 Å². The fourth-order valence-electron chi connectivity index (χ4n) is 1.25. The van der Waals surface area contributed by atoms with Crippen LogP contribution in [0.5, 0.6) is 0 Å². The number of hydrogen-bond acceptors (Lipinski definition) is 2. The van der Waals surface area contributed by atoms with Crippen LogP contribution >= 0.6 is 11.6 Å². The molecule has 0 saturated carbocycles. The zero-order valence-electron chi connectivity index (χ0n) is 8.01. The average molecular weight is 250 g/mol. The van der Waals surface area contributed by atoms with Crippen LogP contribution in [0, 0.1) is 0 Å². The third kappa shape index (κ3) is 3.36. The molecule has 0 atom stereocenters. The van der Waals surface area contributed by atoms with Gasteiger partial charge in [0, 0.05) is 5.02 Å². The molecule has 16 heavy (non-hydrogen) atoms. The van der Waals surface area contributed by atoms with Crippen LogP contribution in [-0.2, 0) is 17.4 Å². The lowest BCUT2D eigenvalue weighted by Gasteiger charge is -2.12. The molecule has 6 heteroatoms. The second-order valence-corrected chi connectivity index (χ2v) is 3.46. The molecule has 2 nitrogen and oxygen atoms in total. The van der Waals surface area contributed by atoms with E-state index in [1.807, 2.05) is 0 Å². The Morgan fingerprint density at radius 2 is 2.06 bits per heavy atom. The van der Waals surface area contributed by atoms with Gasteiger partial charge in [0.25, 0.3) is 0 Å². The fraction of sp³-hybridized carbons (Fsp3) is 0.300. The summed E-state index contributed by atoms with van der Waals surface area (Å²) in [5.74, 6) is 0. The number of benzene rings is 1. The highest BCUT2D eigenvalue weighted by Crippen LogP contribution is 2.33. The molecule has 0 saturated heterocycles. The van der Waals surface area contributed by atoms with Gasteiger partial charge in [0.05, 0.1) is 12.1 Å². The second-order valence-electron chi connectivity index (χ2n) is 3.02. The summed E-state index contributed by atoms with van der Waals surface area (Å²) in [6.07, 6.45) is -3.15. The molecule has 1 aromatic carbocycles. The molecule has 0 aromatic heterocycles. The summed E-state index contributed by atoms with van der Waals surface area (Å²) in [6.45, 7) is -0.0196. The molecule has 86 valence electrons. The van der Waals surface area contributed by atoms with Crippen LogP contribution in [0.15, 0.2) is 23.2 Å². The SMILES string of the molecule is O=C=NCCc1ccc(Cl)cc1C(F)(F)F. The number of halogens is 4. The van der Waals surface area contributed by atoms with E-state index < -0.39 is 11.7 Å². The number of rotatable bonds is 3. The van der Waals surface area contributed by atoms with Gasteiger partial charge in [0.1, 0.15) is 0 Å². The van der Waals surface area contributed by atoms with E-state index in [0.717, 1.165) is 6.07 Å². The molecule has 1 aromatic rings. The molecule has 0 N–H and O–H groups in total. The van der Waals surface area contributed by atoms with Crippen molar-refractivity contribution in [1.82, 2.24) is 0 Å². The zero-order chi connectivity index (χ0) is 12.2. The largest absolute Gasteiger partial charge is 0.416 e. The summed E-state index contributed by atoms with van der Waals surface area (Å²) >= 11 is 5.50. The summed E-state index contributed by atoms with van der Waals surface area (Å²) in [7, 11) is 0. The van der Waals surface area contributed by atoms with Gasteiger partial charge in [-0.1, -0.05) is 17.7 Å². The molecule has 0 fully saturated rings. The van der Waals surface area contributed by atoms with Gasteiger partial charge in [0.15, 0.2) is 0 Å². The monoisotopic (exact) mass is 249 g/mol. The highest BCUT2D eigenvalue weighted by molar-refractivity contribution is 6.30. The van der Waals surface area contributed by atoms with Crippen molar-refractivity contribution in [3.05, 3.63) is 34.3 Å². The Hall–Kier alpha value is -1.32. The number of carbonyl (C=O) groups excluding carboxylic acids is 1. The van der Waals surface area contributed by atoms with Crippen molar-refractivity contribution < 1.29 is 18.0 Å². The molecular weight excluding hydrogens is 243 g/mol. The van der Waals surface area contributed by atoms with E-state index in [9.17, 15) is 18.0 Å². The van der Waals surface area contributed by atoms with E-state index in [1.54, 1.807) is 0 Å². The molecule has 0 amide bonds. The minimum Gasteiger partial charge on any atom is -0.211 e. The molecule has 0 radical (unpaired) electrons. The third-order valence-electron chi connectivity index (χ3n) is 1.93. The van der Waals surface area contributed by atoms with Gasteiger partial charge in [-0.2, -0.15) is 13.2 Å². The van der Waals surface area contributed by atoms with Crippen LogP contribution in [0.25, 0.3) is 0 Å². The first-order valence-corrected chi connectivity index (χ1v) is 4.72. The predicted octanol–water partition coefficient (Wildman–Crippen LogP) is 3.24. The Balaban J connectivity index is 3.03. The Labute approximate surface area is 94.7 Å². The molecule has 0 aliphatic heterocycles. The van der Waals surface area contributed by atoms with E-state index in [-0.39, 0.29) is 23.6 Å². The van der Waals surface area contributed by atoms with Crippen LogP contribution in [-0.4, -0.2) is 12.6 Å². The van der Waals surface area contributed by atoms with Gasteiger partial charge < -0.3 is 0 Å². The van der Waals surface area contributed by atoms with Gasteiger partial charge in [-0.15, -0.1) is 0 Å². The maximum atomic E-state index is 12.6. The van der Waals surface area contributed by atoms with E-state index in [4.69, 9.17) is 11.6 Å². The van der Waals surface area contributed by atoms with Crippen molar-refractivity contribution in [2.45, 2.75) is 12.6 Å². The van der Waals surface area contributed by atoms with Crippen molar-refractivity contribution in [2.75, 3.05) is 6.54 Å². The maximum absolute atomic E-state index is 12.6. The Morgan fingerprint density at radius 1 is 1.38 bits per heavy atom. The molecule has 0 spiro atoms. The lowest BCUT2D eigenvalue weighted by Crippen LogP contribution is -2.09. The first-order chi connectivity index (χ1) is 7.45. The topological polar surface area (TPSA) is 29.4 Å². The van der Waals surface area contributed by atoms with Crippen molar-refractivity contribution in [3.8, 4) is 0 Å². The van der Waals surface area contributed by atoms with Crippen LogP contribution < -0.4 is 0 Å².